The van der Waals surface area contributed by atoms with Crippen LogP contribution in [0.25, 0.3) is 0 Å². The van der Waals surface area contributed by atoms with Crippen LogP contribution in [-0.4, -0.2) is 13.7 Å². The molecule has 0 spiro atoms. The Hall–Kier alpha value is -1.16. The Bertz CT molecular complexity index is 315. The predicted molar refractivity (Wildman–Crippen MR) is 55.3 cm³/mol. The summed E-state index contributed by atoms with van der Waals surface area (Å²) in [5, 5.41) is 0. The average molecular weight is 215 g/mol. The van der Waals surface area contributed by atoms with Gasteiger partial charge in [-0.1, -0.05) is 12.1 Å². The van der Waals surface area contributed by atoms with Gasteiger partial charge in [0, 0.05) is 0 Å². The van der Waals surface area contributed by atoms with Gasteiger partial charge in [-0.2, -0.15) is 0 Å². The van der Waals surface area contributed by atoms with Crippen molar-refractivity contribution in [2.45, 2.75) is 19.3 Å². The molecule has 0 aliphatic heterocycles. The van der Waals surface area contributed by atoms with Gasteiger partial charge in [-0.25, -0.2) is 8.78 Å². The number of methoxy groups -OCH3 is 1. The first-order chi connectivity index (χ1) is 7.20. The number of halogens is 2. The molecule has 1 rings (SSSR count). The molecule has 0 bridgehead atoms. The summed E-state index contributed by atoms with van der Waals surface area (Å²) in [6.45, 7) is 0.544. The van der Waals surface area contributed by atoms with E-state index in [4.69, 9.17) is 10.5 Å². The molecule has 1 aromatic carbocycles. The highest BCUT2D eigenvalue weighted by Gasteiger charge is 2.16. The summed E-state index contributed by atoms with van der Waals surface area (Å²) in [5.74, 6) is 0.293. The second-order valence-electron chi connectivity index (χ2n) is 3.23. The molecular formula is C11H15F2NO. The monoisotopic (exact) mass is 215 g/mol. The molecule has 0 saturated carbocycles. The standard InChI is InChI=1S/C11H15F2NO/c1-15-10-8(5-3-7-14)4-2-6-9(10)11(12)13/h2,4,6,11H,3,5,7,14H2,1H3. The van der Waals surface area contributed by atoms with Gasteiger partial charge in [0.05, 0.1) is 12.7 Å². The second kappa shape index (κ2) is 5.66. The first-order valence-corrected chi connectivity index (χ1v) is 4.84. The van der Waals surface area contributed by atoms with Crippen molar-refractivity contribution in [3.63, 3.8) is 0 Å². The molecule has 15 heavy (non-hydrogen) atoms. The number of hydrogen-bond acceptors (Lipinski definition) is 2. The lowest BCUT2D eigenvalue weighted by atomic mass is 10.0. The fraction of sp³-hybridized carbons (Fsp3) is 0.455. The highest BCUT2D eigenvalue weighted by atomic mass is 19.3. The smallest absolute Gasteiger partial charge is 0.267 e. The zero-order chi connectivity index (χ0) is 11.3. The van der Waals surface area contributed by atoms with Crippen LogP contribution < -0.4 is 10.5 Å². The maximum Gasteiger partial charge on any atom is 0.267 e. The lowest BCUT2D eigenvalue weighted by molar-refractivity contribution is 0.147. The zero-order valence-electron chi connectivity index (χ0n) is 8.67. The molecule has 0 radical (unpaired) electrons. The van der Waals surface area contributed by atoms with Crippen LogP contribution in [0.4, 0.5) is 8.78 Å². The summed E-state index contributed by atoms with van der Waals surface area (Å²) in [6, 6.07) is 4.80. The number of aryl methyl sites for hydroxylation is 1. The fourth-order valence-electron chi connectivity index (χ4n) is 1.51. The molecule has 0 fully saturated rings. The molecule has 0 aliphatic carbocycles. The van der Waals surface area contributed by atoms with Gasteiger partial charge in [-0.3, -0.25) is 0 Å². The van der Waals surface area contributed by atoms with Crippen molar-refractivity contribution in [1.82, 2.24) is 0 Å². The number of para-hydroxylation sites is 1. The molecule has 0 saturated heterocycles. The SMILES string of the molecule is COc1c(CCCN)cccc1C(F)F. The number of ether oxygens (including phenoxy) is 1. The highest BCUT2D eigenvalue weighted by molar-refractivity contribution is 5.42. The molecule has 2 N–H and O–H groups in total. The predicted octanol–water partition coefficient (Wildman–Crippen LogP) is 2.52. The average Bonchev–Trinajstić information content (AvgIpc) is 2.25. The maximum atomic E-state index is 12.6. The van der Waals surface area contributed by atoms with Crippen LogP contribution in [0.1, 0.15) is 24.0 Å². The Balaban J connectivity index is 2.99. The molecule has 1 aromatic rings. The van der Waals surface area contributed by atoms with Crippen LogP contribution in [0.5, 0.6) is 5.75 Å². The Morgan fingerprint density at radius 2 is 2.13 bits per heavy atom. The van der Waals surface area contributed by atoms with Crippen LogP contribution in [0, 0.1) is 0 Å². The molecule has 0 heterocycles. The van der Waals surface area contributed by atoms with Crippen LogP contribution in [-0.2, 0) is 6.42 Å². The van der Waals surface area contributed by atoms with Crippen molar-refractivity contribution in [3.8, 4) is 5.75 Å². The Morgan fingerprint density at radius 1 is 1.40 bits per heavy atom. The number of benzene rings is 1. The summed E-state index contributed by atoms with van der Waals surface area (Å²) in [4.78, 5) is 0. The summed E-state index contributed by atoms with van der Waals surface area (Å²) in [5.41, 5.74) is 6.12. The molecule has 0 unspecified atom stereocenters. The Kier molecular flexibility index (Phi) is 4.49. The fourth-order valence-corrected chi connectivity index (χ4v) is 1.51. The third-order valence-corrected chi connectivity index (χ3v) is 2.22. The van der Waals surface area contributed by atoms with E-state index in [1.165, 1.54) is 13.2 Å². The minimum Gasteiger partial charge on any atom is -0.496 e. The minimum atomic E-state index is -2.50. The number of nitrogens with two attached hydrogens (primary N) is 1. The van der Waals surface area contributed by atoms with E-state index in [0.717, 1.165) is 12.0 Å². The maximum absolute atomic E-state index is 12.6. The third kappa shape index (κ3) is 2.89. The van der Waals surface area contributed by atoms with E-state index in [1.54, 1.807) is 12.1 Å². The molecular weight excluding hydrogens is 200 g/mol. The van der Waals surface area contributed by atoms with Crippen LogP contribution in [0.3, 0.4) is 0 Å². The van der Waals surface area contributed by atoms with E-state index in [9.17, 15) is 8.78 Å². The van der Waals surface area contributed by atoms with Crippen LogP contribution >= 0.6 is 0 Å². The van der Waals surface area contributed by atoms with E-state index in [2.05, 4.69) is 0 Å². The summed E-state index contributed by atoms with van der Waals surface area (Å²) in [6.07, 6.45) is -1.07. The number of rotatable bonds is 5. The van der Waals surface area contributed by atoms with Gasteiger partial charge in [0.1, 0.15) is 5.75 Å². The van der Waals surface area contributed by atoms with E-state index in [1.807, 2.05) is 0 Å². The van der Waals surface area contributed by atoms with Gasteiger partial charge in [0.2, 0.25) is 0 Å². The first kappa shape index (κ1) is 11.9. The molecule has 0 amide bonds. The Morgan fingerprint density at radius 3 is 2.67 bits per heavy atom. The van der Waals surface area contributed by atoms with Crippen LogP contribution in [0.15, 0.2) is 18.2 Å². The lowest BCUT2D eigenvalue weighted by Gasteiger charge is -2.12. The van der Waals surface area contributed by atoms with Crippen molar-refractivity contribution >= 4 is 0 Å². The molecule has 2 nitrogen and oxygen atoms in total. The highest BCUT2D eigenvalue weighted by Crippen LogP contribution is 2.32. The molecule has 4 heteroatoms. The van der Waals surface area contributed by atoms with Gasteiger partial charge in [0.25, 0.3) is 6.43 Å². The quantitative estimate of drug-likeness (QED) is 0.819. The number of hydrogen-bond donors (Lipinski definition) is 1. The lowest BCUT2D eigenvalue weighted by Crippen LogP contribution is -2.03. The van der Waals surface area contributed by atoms with Gasteiger partial charge < -0.3 is 10.5 Å². The summed E-state index contributed by atoms with van der Waals surface area (Å²) < 4.78 is 30.2. The van der Waals surface area contributed by atoms with Crippen molar-refractivity contribution < 1.29 is 13.5 Å². The van der Waals surface area contributed by atoms with E-state index < -0.39 is 6.43 Å². The van der Waals surface area contributed by atoms with E-state index in [-0.39, 0.29) is 5.56 Å². The Labute approximate surface area is 88.0 Å². The number of alkyl halides is 2. The molecule has 0 atom stereocenters. The summed E-state index contributed by atoms with van der Waals surface area (Å²) in [7, 11) is 1.41. The van der Waals surface area contributed by atoms with Crippen molar-refractivity contribution in [3.05, 3.63) is 29.3 Å². The van der Waals surface area contributed by atoms with E-state index in [0.29, 0.717) is 18.7 Å². The zero-order valence-corrected chi connectivity index (χ0v) is 8.67. The van der Waals surface area contributed by atoms with Gasteiger partial charge >= 0.3 is 0 Å². The summed E-state index contributed by atoms with van der Waals surface area (Å²) >= 11 is 0. The van der Waals surface area contributed by atoms with Crippen molar-refractivity contribution in [2.75, 3.05) is 13.7 Å². The minimum absolute atomic E-state index is 0.0491. The molecule has 0 aromatic heterocycles. The topological polar surface area (TPSA) is 35.2 Å². The van der Waals surface area contributed by atoms with Gasteiger partial charge in [-0.05, 0) is 31.0 Å². The molecule has 84 valence electrons. The largest absolute Gasteiger partial charge is 0.496 e. The van der Waals surface area contributed by atoms with Crippen LogP contribution in [0.2, 0.25) is 0 Å². The van der Waals surface area contributed by atoms with Crippen molar-refractivity contribution in [2.24, 2.45) is 5.73 Å². The second-order valence-corrected chi connectivity index (χ2v) is 3.23. The molecule has 0 aliphatic rings. The van der Waals surface area contributed by atoms with Gasteiger partial charge in [-0.15, -0.1) is 0 Å². The third-order valence-electron chi connectivity index (χ3n) is 2.22. The van der Waals surface area contributed by atoms with Crippen molar-refractivity contribution in [1.29, 1.82) is 0 Å². The normalized spacial score (nSPS) is 10.7. The van der Waals surface area contributed by atoms with E-state index >= 15 is 0 Å². The van der Waals surface area contributed by atoms with Gasteiger partial charge in [0.15, 0.2) is 0 Å². The first-order valence-electron chi connectivity index (χ1n) is 4.84.